The molecule has 0 unspecified atom stereocenters. The van der Waals surface area contributed by atoms with Crippen LogP contribution in [0.1, 0.15) is 0 Å². The Kier molecular flexibility index (Phi) is 27.2. The van der Waals surface area contributed by atoms with E-state index >= 15 is 0 Å². The van der Waals surface area contributed by atoms with Crippen LogP contribution in [0, 0.1) is 0 Å². The third-order valence-corrected chi connectivity index (χ3v) is 0. The molecule has 0 aliphatic carbocycles. The third kappa shape index (κ3) is 9.33. The summed E-state index contributed by atoms with van der Waals surface area (Å²) < 4.78 is 0. The smallest absolute Gasteiger partial charge is 0 e. The van der Waals surface area contributed by atoms with E-state index in [4.69, 9.17) is 0 Å². The van der Waals surface area contributed by atoms with Crippen molar-refractivity contribution in [2.24, 2.45) is 0 Å². The van der Waals surface area contributed by atoms with E-state index < -0.39 is 0 Å². The molecule has 4 heavy (non-hydrogen) atoms. The summed E-state index contributed by atoms with van der Waals surface area (Å²) in [4.78, 5) is 0. The molecule has 0 amide bonds. The number of halogens is 2. The second-order valence-corrected chi connectivity index (χ2v) is 16.9. The van der Waals surface area contributed by atoms with Crippen LogP contribution in [0.3, 0.4) is 0 Å². The maximum atomic E-state index is 3.26. The summed E-state index contributed by atoms with van der Waals surface area (Å²) in [5.74, 6) is 0. The molecular weight excluding hydrogens is 500 g/mol. The van der Waals surface area contributed by atoms with E-state index in [-0.39, 0.29) is 88.3 Å². The van der Waals surface area contributed by atoms with E-state index in [0.29, 0.717) is 0 Å². The molecule has 3 radical (unpaired) electrons. The second kappa shape index (κ2) is 10.0. The van der Waals surface area contributed by atoms with Crippen LogP contribution in [-0.4, -0.2) is 88.3 Å². The molecule has 0 heterocycles. The molecule has 0 spiro atoms. The molecule has 19 valence electrons. The van der Waals surface area contributed by atoms with Crippen molar-refractivity contribution in [1.82, 2.24) is 0 Å². The largest absolute Gasteiger partial charge is 0 e. The van der Waals surface area contributed by atoms with Gasteiger partial charge in [0.2, 0.25) is 0 Å². The molecule has 0 rings (SSSR count). The molecule has 0 saturated heterocycles. The fraction of sp³-hybridized carbons (Fsp3) is 0. The van der Waals surface area contributed by atoms with Gasteiger partial charge in [-0.05, 0) is 0 Å². The van der Waals surface area contributed by atoms with Crippen LogP contribution in [0.25, 0.3) is 0 Å². The van der Waals surface area contributed by atoms with Crippen molar-refractivity contribution in [2.75, 3.05) is 0 Å². The second-order valence-electron chi connectivity index (χ2n) is 0.0714. The Hall–Kier alpha value is 3.93. The Labute approximate surface area is 108 Å². The summed E-state index contributed by atoms with van der Waals surface area (Å²) in [7, 11) is 0. The Morgan fingerprint density at radius 3 is 1.25 bits per heavy atom. The van der Waals surface area contributed by atoms with Gasteiger partial charge in [0.25, 0.3) is 0 Å². The van der Waals surface area contributed by atoms with E-state index in [1.807, 2.05) is 0 Å². The molecule has 0 fully saturated rings. The van der Waals surface area contributed by atoms with Crippen molar-refractivity contribution in [2.45, 2.75) is 0 Å². The Morgan fingerprint density at radius 2 is 1.25 bits per heavy atom. The number of hydrogen-bond acceptors (Lipinski definition) is 0. The zero-order valence-corrected chi connectivity index (χ0v) is 15.6. The monoisotopic (exact) mass is 499 g/mol. The van der Waals surface area contributed by atoms with E-state index in [0.717, 1.165) is 0 Å². The number of rotatable bonds is 0. The average Bonchev–Trinajstić information content (AvgIpc) is 0.918. The van der Waals surface area contributed by atoms with E-state index in [1.54, 1.807) is 0 Å². The maximum Gasteiger partial charge on any atom is 0 e. The van der Waals surface area contributed by atoms with Crippen LogP contribution < -0.4 is 0 Å². The van der Waals surface area contributed by atoms with Crippen LogP contribution in [0.2, 0.25) is 0 Å². The van der Waals surface area contributed by atoms with Crippen molar-refractivity contribution in [1.29, 1.82) is 0 Å². The quantitative estimate of drug-likeness (QED) is 0.435. The minimum atomic E-state index is -0.292. The van der Waals surface area contributed by atoms with Gasteiger partial charge in [-0.2, -0.15) is 0 Å². The Morgan fingerprint density at radius 1 is 1.25 bits per heavy atom. The summed E-state index contributed by atoms with van der Waals surface area (Å²) >= 11 is 6.22. The van der Waals surface area contributed by atoms with Gasteiger partial charge < -0.3 is 0 Å². The molecule has 0 saturated carbocycles. The first kappa shape index (κ1) is 10.8. The zero-order chi connectivity index (χ0) is 2.71. The minimum absolute atomic E-state index is 0. The molecule has 0 aromatic heterocycles. The molecule has 0 aliphatic heterocycles. The zero-order valence-electron chi connectivity index (χ0n) is 2.26. The van der Waals surface area contributed by atoms with Crippen molar-refractivity contribution in [3.05, 3.63) is 0 Å². The molecule has 0 N–H and O–H groups in total. The van der Waals surface area contributed by atoms with E-state index in [1.165, 1.54) is 0 Å². The van der Waals surface area contributed by atoms with Crippen LogP contribution in [0.15, 0.2) is 0 Å². The fourth-order valence-electron chi connectivity index (χ4n) is 0. The van der Waals surface area contributed by atoms with Crippen molar-refractivity contribution < 1.29 is 0 Å². The average molecular weight is 500 g/mol. The molecule has 0 atom stereocenters. The summed E-state index contributed by atoms with van der Waals surface area (Å²) in [6, 6.07) is 0. The van der Waals surface area contributed by atoms with Crippen molar-refractivity contribution >= 4 is 112 Å². The topological polar surface area (TPSA) is 0 Å². The predicted molar refractivity (Wildman–Crippen MR) is 29.4 cm³/mol. The maximum absolute atomic E-state index is 3.26. The van der Waals surface area contributed by atoms with Crippen molar-refractivity contribution in [3.63, 3.8) is 0 Å². The molecule has 0 aromatic rings. The van der Waals surface area contributed by atoms with E-state index in [2.05, 4.69) is 24.0 Å². The van der Waals surface area contributed by atoms with Crippen LogP contribution in [0.5, 0.6) is 0 Å². The van der Waals surface area contributed by atoms with Gasteiger partial charge in [0.05, 0.1) is 0 Å². The summed E-state index contributed by atoms with van der Waals surface area (Å²) in [6.45, 7) is 0. The normalized spacial score (nSPS) is 4.50. The Balaban J connectivity index is 0. The minimum Gasteiger partial charge on any atom is 0 e. The SMILES string of the molecule is [Br][Pb][Br].[Cs]. The van der Waals surface area contributed by atoms with Crippen LogP contribution in [-0.2, 0) is 0 Å². The van der Waals surface area contributed by atoms with Crippen LogP contribution in [0.4, 0.5) is 0 Å². The Bertz CT molecular complexity index is 6.00. The molecule has 4 heteroatoms. The van der Waals surface area contributed by atoms with Crippen LogP contribution >= 0.6 is 24.0 Å². The van der Waals surface area contributed by atoms with Gasteiger partial charge in [0, 0.05) is 68.9 Å². The van der Waals surface area contributed by atoms with Gasteiger partial charge in [0.15, 0.2) is 0 Å². The summed E-state index contributed by atoms with van der Waals surface area (Å²) in [6.07, 6.45) is 0. The van der Waals surface area contributed by atoms with E-state index in [9.17, 15) is 0 Å². The first-order chi connectivity index (χ1) is 1.41. The molecule has 0 aliphatic rings. The molecule has 0 bridgehead atoms. The van der Waals surface area contributed by atoms with Gasteiger partial charge in [-0.1, -0.05) is 0 Å². The predicted octanol–water partition coefficient (Wildman–Crippen LogP) is 0.930. The van der Waals surface area contributed by atoms with Gasteiger partial charge in [-0.3, -0.25) is 0 Å². The van der Waals surface area contributed by atoms with Gasteiger partial charge in [0.1, 0.15) is 0 Å². The third-order valence-electron chi connectivity index (χ3n) is 0. The molecular formula is Br2CsPb. The fourth-order valence-corrected chi connectivity index (χ4v) is 0. The van der Waals surface area contributed by atoms with Crippen molar-refractivity contribution in [3.8, 4) is 0 Å². The standard InChI is InChI=1S/2BrH.Cs.Pb/h2*1H;;/q;;;+2/p-2. The first-order valence-corrected chi connectivity index (χ1v) is 17.2. The first-order valence-electron chi connectivity index (χ1n) is 0.378. The summed E-state index contributed by atoms with van der Waals surface area (Å²) in [5.41, 5.74) is 0. The molecule has 0 nitrogen and oxygen atoms in total. The van der Waals surface area contributed by atoms with Gasteiger partial charge in [-0.25, -0.2) is 0 Å². The van der Waals surface area contributed by atoms with Gasteiger partial charge >= 0.3 is 43.4 Å². The molecule has 0 aromatic carbocycles. The van der Waals surface area contributed by atoms with Gasteiger partial charge in [-0.15, -0.1) is 0 Å². The number of hydrogen-bond donors (Lipinski definition) is 0. The summed E-state index contributed by atoms with van der Waals surface area (Å²) in [5, 5.41) is 0.